The number of nitrogens with zero attached hydrogens (tertiary/aromatic N) is 5. The SMILES string of the molecule is CCCN(C(=O)O)C(C)(CN(Cc1ccccc1)C(=O)OCc1cncs1)C(=O)N(Cc1ccccc1)Cc1cncs1. The molecule has 0 bridgehead atoms. The van der Waals surface area contributed by atoms with Crippen molar-refractivity contribution in [1.29, 1.82) is 0 Å². The minimum absolute atomic E-state index is 0.0164. The number of amides is 3. The molecule has 1 N–H and O–H groups in total. The van der Waals surface area contributed by atoms with Crippen molar-refractivity contribution in [2.45, 2.75) is 52.0 Å². The Hall–Kier alpha value is -4.29. The van der Waals surface area contributed by atoms with Gasteiger partial charge >= 0.3 is 12.2 Å². The first-order valence-electron chi connectivity index (χ1n) is 13.8. The Morgan fingerprint density at radius 3 is 1.91 bits per heavy atom. The smallest absolute Gasteiger partial charge is 0.410 e. The number of carboxylic acid groups (broad SMARTS) is 1. The summed E-state index contributed by atoms with van der Waals surface area (Å²) in [6, 6.07) is 18.9. The zero-order valence-electron chi connectivity index (χ0n) is 24.2. The van der Waals surface area contributed by atoms with Gasteiger partial charge in [-0.15, -0.1) is 22.7 Å². The third kappa shape index (κ3) is 8.62. The van der Waals surface area contributed by atoms with E-state index < -0.39 is 23.6 Å². The van der Waals surface area contributed by atoms with Gasteiger partial charge in [0.25, 0.3) is 5.91 Å². The molecular formula is C31H35N5O5S2. The van der Waals surface area contributed by atoms with Crippen LogP contribution in [-0.4, -0.2) is 66.5 Å². The number of aromatic nitrogens is 2. The highest BCUT2D eigenvalue weighted by molar-refractivity contribution is 7.09. The molecular weight excluding hydrogens is 587 g/mol. The van der Waals surface area contributed by atoms with Crippen LogP contribution in [0.4, 0.5) is 9.59 Å². The Kier molecular flexibility index (Phi) is 11.2. The summed E-state index contributed by atoms with van der Waals surface area (Å²) >= 11 is 2.78. The van der Waals surface area contributed by atoms with E-state index in [-0.39, 0.29) is 39.3 Å². The van der Waals surface area contributed by atoms with Gasteiger partial charge in [0.05, 0.1) is 29.0 Å². The van der Waals surface area contributed by atoms with Gasteiger partial charge in [-0.1, -0.05) is 67.6 Å². The first-order chi connectivity index (χ1) is 20.8. The van der Waals surface area contributed by atoms with Crippen molar-refractivity contribution >= 4 is 40.8 Å². The van der Waals surface area contributed by atoms with Gasteiger partial charge in [0.1, 0.15) is 12.1 Å². The van der Waals surface area contributed by atoms with Gasteiger partial charge in [-0.3, -0.25) is 19.7 Å². The highest BCUT2D eigenvalue weighted by atomic mass is 32.1. The number of rotatable bonds is 14. The van der Waals surface area contributed by atoms with E-state index in [2.05, 4.69) is 9.97 Å². The van der Waals surface area contributed by atoms with Gasteiger partial charge in [0.2, 0.25) is 0 Å². The minimum Gasteiger partial charge on any atom is -0.465 e. The maximum absolute atomic E-state index is 14.7. The minimum atomic E-state index is -1.64. The third-order valence-electron chi connectivity index (χ3n) is 6.86. The normalized spacial score (nSPS) is 12.2. The maximum atomic E-state index is 14.7. The molecule has 0 aliphatic heterocycles. The Morgan fingerprint density at radius 1 is 0.837 bits per heavy atom. The zero-order chi connectivity index (χ0) is 30.7. The molecule has 2 aromatic heterocycles. The highest BCUT2D eigenvalue weighted by Gasteiger charge is 2.47. The molecule has 1 unspecified atom stereocenters. The van der Waals surface area contributed by atoms with Crippen molar-refractivity contribution in [1.82, 2.24) is 24.7 Å². The van der Waals surface area contributed by atoms with Crippen molar-refractivity contribution in [3.63, 3.8) is 0 Å². The summed E-state index contributed by atoms with van der Waals surface area (Å²) in [4.78, 5) is 55.0. The zero-order valence-corrected chi connectivity index (χ0v) is 25.8. The van der Waals surface area contributed by atoms with Crippen LogP contribution < -0.4 is 0 Å². The molecule has 4 aromatic rings. The van der Waals surface area contributed by atoms with Crippen molar-refractivity contribution < 1.29 is 24.2 Å². The first-order valence-corrected chi connectivity index (χ1v) is 15.6. The van der Waals surface area contributed by atoms with Crippen molar-refractivity contribution in [3.8, 4) is 0 Å². The lowest BCUT2D eigenvalue weighted by Gasteiger charge is -2.43. The van der Waals surface area contributed by atoms with Crippen LogP contribution in [0.15, 0.2) is 84.1 Å². The van der Waals surface area contributed by atoms with Gasteiger partial charge in [-0.2, -0.15) is 0 Å². The highest BCUT2D eigenvalue weighted by Crippen LogP contribution is 2.26. The molecule has 0 aliphatic rings. The van der Waals surface area contributed by atoms with E-state index in [9.17, 15) is 19.5 Å². The molecule has 4 rings (SSSR count). The number of benzene rings is 2. The topological polar surface area (TPSA) is 116 Å². The number of hydrogen-bond donors (Lipinski definition) is 1. The summed E-state index contributed by atoms with van der Waals surface area (Å²) < 4.78 is 5.65. The summed E-state index contributed by atoms with van der Waals surface area (Å²) in [7, 11) is 0. The monoisotopic (exact) mass is 621 g/mol. The average molecular weight is 622 g/mol. The van der Waals surface area contributed by atoms with Gasteiger partial charge in [-0.25, -0.2) is 9.59 Å². The molecule has 0 aliphatic carbocycles. The molecule has 0 fully saturated rings. The molecule has 0 saturated carbocycles. The van der Waals surface area contributed by atoms with E-state index >= 15 is 0 Å². The standard InChI is InChI=1S/C31H35N5O5S2/c1-3-14-36(29(38)39)31(2,28(37)34(19-26-15-32-22-42-26)17-24-10-6-4-7-11-24)21-35(18-25-12-8-5-9-13-25)30(40)41-20-27-16-33-23-43-27/h4-13,15-16,22-23H,3,14,17-21H2,1-2H3,(H,38,39). The van der Waals surface area contributed by atoms with Crippen LogP contribution in [0.2, 0.25) is 0 Å². The molecule has 0 saturated heterocycles. The van der Waals surface area contributed by atoms with Crippen molar-refractivity contribution in [3.05, 3.63) is 105 Å². The van der Waals surface area contributed by atoms with Gasteiger partial charge < -0.3 is 19.6 Å². The summed E-state index contributed by atoms with van der Waals surface area (Å²) in [5.41, 5.74) is 3.42. The molecule has 226 valence electrons. The quantitative estimate of drug-likeness (QED) is 0.180. The Labute approximate surface area is 259 Å². The summed E-state index contributed by atoms with van der Waals surface area (Å²) in [5, 5.41) is 10.4. The van der Waals surface area contributed by atoms with Crippen LogP contribution in [0.25, 0.3) is 0 Å². The number of ether oxygens (including phenoxy) is 1. The number of thiazole rings is 2. The van der Waals surface area contributed by atoms with E-state index in [1.807, 2.05) is 67.6 Å². The van der Waals surface area contributed by atoms with E-state index in [1.165, 1.54) is 27.6 Å². The predicted octanol–water partition coefficient (Wildman–Crippen LogP) is 6.12. The lowest BCUT2D eigenvalue weighted by atomic mass is 9.95. The van der Waals surface area contributed by atoms with Crippen LogP contribution in [0.1, 0.15) is 41.1 Å². The predicted molar refractivity (Wildman–Crippen MR) is 165 cm³/mol. The Bertz CT molecular complexity index is 1440. The lowest BCUT2D eigenvalue weighted by Crippen LogP contribution is -2.64. The molecule has 3 amide bonds. The second-order valence-corrected chi connectivity index (χ2v) is 12.1. The molecule has 43 heavy (non-hydrogen) atoms. The van der Waals surface area contributed by atoms with Crippen molar-refractivity contribution in [2.24, 2.45) is 0 Å². The Morgan fingerprint density at radius 2 is 1.40 bits per heavy atom. The van der Waals surface area contributed by atoms with Crippen LogP contribution in [0, 0.1) is 0 Å². The van der Waals surface area contributed by atoms with E-state index in [0.29, 0.717) is 6.42 Å². The first kappa shape index (κ1) is 31.6. The number of carbonyl (C=O) groups is 3. The van der Waals surface area contributed by atoms with Gasteiger partial charge in [-0.05, 0) is 24.5 Å². The van der Waals surface area contributed by atoms with Crippen LogP contribution >= 0.6 is 22.7 Å². The second-order valence-electron chi connectivity index (χ2n) is 10.2. The third-order valence-corrected chi connectivity index (χ3v) is 8.38. The van der Waals surface area contributed by atoms with Crippen molar-refractivity contribution in [2.75, 3.05) is 13.1 Å². The number of carbonyl (C=O) groups excluding carboxylic acids is 2. The largest absolute Gasteiger partial charge is 0.465 e. The summed E-state index contributed by atoms with van der Waals surface area (Å²) in [6.07, 6.45) is 1.91. The van der Waals surface area contributed by atoms with E-state index in [4.69, 9.17) is 4.74 Å². The molecule has 2 aromatic carbocycles. The molecule has 0 spiro atoms. The van der Waals surface area contributed by atoms with Crippen LogP contribution in [0.3, 0.4) is 0 Å². The Balaban J connectivity index is 1.72. The summed E-state index contributed by atoms with van der Waals surface area (Å²) in [6.45, 7) is 3.96. The van der Waals surface area contributed by atoms with E-state index in [1.54, 1.807) is 35.2 Å². The fraction of sp³-hybridized carbons (Fsp3) is 0.323. The van der Waals surface area contributed by atoms with Gasteiger partial charge in [0.15, 0.2) is 0 Å². The van der Waals surface area contributed by atoms with Crippen LogP contribution in [0.5, 0.6) is 0 Å². The number of hydrogen-bond acceptors (Lipinski definition) is 8. The van der Waals surface area contributed by atoms with Gasteiger partial charge in [0, 0.05) is 36.9 Å². The van der Waals surface area contributed by atoms with E-state index in [0.717, 1.165) is 25.8 Å². The second kappa shape index (κ2) is 15.3. The maximum Gasteiger partial charge on any atom is 0.410 e. The molecule has 12 heteroatoms. The molecule has 1 atom stereocenters. The lowest BCUT2D eigenvalue weighted by molar-refractivity contribution is -0.145. The fourth-order valence-corrected chi connectivity index (χ4v) is 5.91. The molecule has 0 radical (unpaired) electrons. The molecule has 10 nitrogen and oxygen atoms in total. The van der Waals surface area contributed by atoms with Crippen LogP contribution in [-0.2, 0) is 35.8 Å². The fourth-order valence-electron chi connectivity index (χ4n) is 4.80. The molecule has 2 heterocycles. The summed E-state index contributed by atoms with van der Waals surface area (Å²) in [5.74, 6) is -0.422. The average Bonchev–Trinajstić information content (AvgIpc) is 3.73.